The number of nitrogens with zero attached hydrogens (tertiary/aromatic N) is 2. The molecule has 1 rings (SSSR count). The van der Waals surface area contributed by atoms with Gasteiger partial charge in [-0.15, -0.1) is 0 Å². The van der Waals surface area contributed by atoms with Gasteiger partial charge in [0, 0.05) is 26.0 Å². The van der Waals surface area contributed by atoms with Crippen LogP contribution < -0.4 is 5.32 Å². The Morgan fingerprint density at radius 1 is 1.35 bits per heavy atom. The lowest BCUT2D eigenvalue weighted by atomic mass is 9.87. The van der Waals surface area contributed by atoms with Gasteiger partial charge in [0.25, 0.3) is 0 Å². The lowest BCUT2D eigenvalue weighted by molar-refractivity contribution is -0.142. The fourth-order valence-corrected chi connectivity index (χ4v) is 1.72. The van der Waals surface area contributed by atoms with Crippen molar-refractivity contribution in [2.45, 2.75) is 33.4 Å². The molecule has 2 amide bonds. The second kappa shape index (κ2) is 6.36. The molecule has 0 radical (unpaired) electrons. The van der Waals surface area contributed by atoms with E-state index >= 15 is 0 Å². The van der Waals surface area contributed by atoms with Crippen molar-refractivity contribution in [1.29, 1.82) is 0 Å². The first-order valence-electron chi connectivity index (χ1n) is 6.35. The summed E-state index contributed by atoms with van der Waals surface area (Å²) in [7, 11) is 1.62. The molecular formula is C14H21N3O3. The summed E-state index contributed by atoms with van der Waals surface area (Å²) in [6.07, 6.45) is 3.30. The third-order valence-corrected chi connectivity index (χ3v) is 2.90. The summed E-state index contributed by atoms with van der Waals surface area (Å²) in [5.41, 5.74) is 0.374. The summed E-state index contributed by atoms with van der Waals surface area (Å²) in [4.78, 5) is 28.6. The normalized spacial score (nSPS) is 12.6. The second-order valence-corrected chi connectivity index (χ2v) is 5.80. The third kappa shape index (κ3) is 4.53. The first kappa shape index (κ1) is 15.9. The largest absolute Gasteiger partial charge is 0.480 e. The third-order valence-electron chi connectivity index (χ3n) is 2.90. The van der Waals surface area contributed by atoms with E-state index in [4.69, 9.17) is 0 Å². The lowest BCUT2D eigenvalue weighted by Crippen LogP contribution is -2.52. The topological polar surface area (TPSA) is 82.5 Å². The molecule has 2 N–H and O–H groups in total. The fourth-order valence-electron chi connectivity index (χ4n) is 1.72. The number of carbonyl (C=O) groups is 2. The van der Waals surface area contributed by atoms with E-state index in [9.17, 15) is 14.7 Å². The van der Waals surface area contributed by atoms with Crippen LogP contribution in [0.4, 0.5) is 4.79 Å². The quantitative estimate of drug-likeness (QED) is 0.879. The first-order valence-corrected chi connectivity index (χ1v) is 6.35. The maximum Gasteiger partial charge on any atom is 0.326 e. The smallest absolute Gasteiger partial charge is 0.326 e. The number of pyridine rings is 1. The average Bonchev–Trinajstić information content (AvgIpc) is 2.34. The highest BCUT2D eigenvalue weighted by atomic mass is 16.4. The molecule has 0 bridgehead atoms. The highest BCUT2D eigenvalue weighted by Crippen LogP contribution is 2.19. The molecule has 0 saturated heterocycles. The molecule has 0 aliphatic heterocycles. The predicted octanol–water partition coefficient (Wildman–Crippen LogP) is 1.72. The van der Waals surface area contributed by atoms with Gasteiger partial charge in [0.1, 0.15) is 6.04 Å². The van der Waals surface area contributed by atoms with Gasteiger partial charge in [-0.1, -0.05) is 20.8 Å². The Hall–Kier alpha value is -2.11. The molecule has 1 aromatic rings. The number of urea groups is 1. The molecule has 0 saturated carbocycles. The highest BCUT2D eigenvalue weighted by molar-refractivity contribution is 5.83. The molecule has 0 fully saturated rings. The summed E-state index contributed by atoms with van der Waals surface area (Å²) in [6.45, 7) is 5.71. The Morgan fingerprint density at radius 2 is 1.90 bits per heavy atom. The van der Waals surface area contributed by atoms with E-state index in [2.05, 4.69) is 10.3 Å². The van der Waals surface area contributed by atoms with Crippen LogP contribution >= 0.6 is 0 Å². The molecule has 1 atom stereocenters. The number of hydrogen-bond donors (Lipinski definition) is 2. The zero-order chi connectivity index (χ0) is 15.3. The van der Waals surface area contributed by atoms with Crippen LogP contribution in [-0.4, -0.2) is 40.1 Å². The number of rotatable bonds is 4. The van der Waals surface area contributed by atoms with Crippen molar-refractivity contribution in [3.8, 4) is 0 Å². The number of amides is 2. The minimum absolute atomic E-state index is 0.394. The number of carbonyl (C=O) groups excluding carboxylic acids is 1. The SMILES string of the molecule is CN(Cc1ccncc1)C(=O)N[C@@H](C(=O)O)C(C)(C)C. The van der Waals surface area contributed by atoms with E-state index < -0.39 is 23.5 Å². The van der Waals surface area contributed by atoms with Gasteiger partial charge < -0.3 is 15.3 Å². The average molecular weight is 279 g/mol. The van der Waals surface area contributed by atoms with Crippen LogP contribution in [0.3, 0.4) is 0 Å². The molecule has 6 nitrogen and oxygen atoms in total. The molecule has 20 heavy (non-hydrogen) atoms. The first-order chi connectivity index (χ1) is 9.21. The maximum absolute atomic E-state index is 12.0. The van der Waals surface area contributed by atoms with Gasteiger partial charge in [0.2, 0.25) is 0 Å². The minimum Gasteiger partial charge on any atom is -0.480 e. The lowest BCUT2D eigenvalue weighted by Gasteiger charge is -2.29. The number of aliphatic carboxylic acids is 1. The van der Waals surface area contributed by atoms with Crippen molar-refractivity contribution in [2.24, 2.45) is 5.41 Å². The van der Waals surface area contributed by atoms with Crippen LogP contribution in [0.25, 0.3) is 0 Å². The van der Waals surface area contributed by atoms with E-state index in [-0.39, 0.29) is 0 Å². The Morgan fingerprint density at radius 3 is 2.35 bits per heavy atom. The molecular weight excluding hydrogens is 258 g/mol. The Balaban J connectivity index is 2.67. The van der Waals surface area contributed by atoms with Crippen LogP contribution in [-0.2, 0) is 11.3 Å². The molecule has 0 aliphatic carbocycles. The highest BCUT2D eigenvalue weighted by Gasteiger charge is 2.33. The molecule has 0 unspecified atom stereocenters. The zero-order valence-electron chi connectivity index (χ0n) is 12.3. The number of nitrogens with one attached hydrogen (secondary N) is 1. The van der Waals surface area contributed by atoms with Crippen molar-refractivity contribution in [1.82, 2.24) is 15.2 Å². The van der Waals surface area contributed by atoms with Gasteiger partial charge in [0.05, 0.1) is 0 Å². The zero-order valence-corrected chi connectivity index (χ0v) is 12.3. The predicted molar refractivity (Wildman–Crippen MR) is 75.1 cm³/mol. The second-order valence-electron chi connectivity index (χ2n) is 5.80. The van der Waals surface area contributed by atoms with Crippen molar-refractivity contribution in [3.63, 3.8) is 0 Å². The van der Waals surface area contributed by atoms with Crippen LogP contribution in [0.15, 0.2) is 24.5 Å². The monoisotopic (exact) mass is 279 g/mol. The minimum atomic E-state index is -1.04. The van der Waals surface area contributed by atoms with E-state index in [0.717, 1.165) is 5.56 Å². The number of carboxylic acid groups (broad SMARTS) is 1. The molecule has 0 spiro atoms. The molecule has 1 aromatic heterocycles. The van der Waals surface area contributed by atoms with Crippen LogP contribution in [0, 0.1) is 5.41 Å². The Kier molecular flexibility index (Phi) is 5.07. The molecule has 110 valence electrons. The Labute approximate surface area is 118 Å². The summed E-state index contributed by atoms with van der Waals surface area (Å²) in [6, 6.07) is 2.27. The number of hydrogen-bond acceptors (Lipinski definition) is 3. The molecule has 6 heteroatoms. The Bertz CT molecular complexity index is 468. The number of carboxylic acids is 1. The van der Waals surface area contributed by atoms with Crippen LogP contribution in [0.1, 0.15) is 26.3 Å². The van der Waals surface area contributed by atoms with Gasteiger partial charge >= 0.3 is 12.0 Å². The van der Waals surface area contributed by atoms with Gasteiger partial charge in [-0.25, -0.2) is 9.59 Å². The van der Waals surface area contributed by atoms with Gasteiger partial charge in [-0.3, -0.25) is 4.98 Å². The van der Waals surface area contributed by atoms with Gasteiger partial charge in [-0.05, 0) is 23.1 Å². The maximum atomic E-state index is 12.0. The number of aromatic nitrogens is 1. The van der Waals surface area contributed by atoms with Crippen molar-refractivity contribution in [2.75, 3.05) is 7.05 Å². The van der Waals surface area contributed by atoms with Crippen molar-refractivity contribution >= 4 is 12.0 Å². The standard InChI is InChI=1S/C14H21N3O3/c1-14(2,3)11(12(18)19)16-13(20)17(4)9-10-5-7-15-8-6-10/h5-8,11H,9H2,1-4H3,(H,16,20)(H,18,19)/t11-/m0/s1. The van der Waals surface area contributed by atoms with Crippen LogP contribution in [0.5, 0.6) is 0 Å². The molecule has 1 heterocycles. The fraction of sp³-hybridized carbons (Fsp3) is 0.500. The molecule has 0 aliphatic rings. The summed E-state index contributed by atoms with van der Waals surface area (Å²) in [5, 5.41) is 11.7. The summed E-state index contributed by atoms with van der Waals surface area (Å²) < 4.78 is 0. The van der Waals surface area contributed by atoms with Crippen molar-refractivity contribution in [3.05, 3.63) is 30.1 Å². The van der Waals surface area contributed by atoms with E-state index in [1.807, 2.05) is 12.1 Å². The van der Waals surface area contributed by atoms with E-state index in [0.29, 0.717) is 6.54 Å². The summed E-state index contributed by atoms with van der Waals surface area (Å²) in [5.74, 6) is -1.04. The van der Waals surface area contributed by atoms with Gasteiger partial charge in [-0.2, -0.15) is 0 Å². The van der Waals surface area contributed by atoms with Crippen molar-refractivity contribution < 1.29 is 14.7 Å². The van der Waals surface area contributed by atoms with E-state index in [1.165, 1.54) is 4.90 Å². The molecule has 0 aromatic carbocycles. The van der Waals surface area contributed by atoms with E-state index in [1.54, 1.807) is 40.2 Å². The summed E-state index contributed by atoms with van der Waals surface area (Å²) >= 11 is 0. The van der Waals surface area contributed by atoms with Crippen LogP contribution in [0.2, 0.25) is 0 Å². The van der Waals surface area contributed by atoms with Gasteiger partial charge in [0.15, 0.2) is 0 Å².